The molecule has 5 nitrogen and oxygen atoms in total. The van der Waals surface area contributed by atoms with Gasteiger partial charge in [0.1, 0.15) is 5.75 Å². The van der Waals surface area contributed by atoms with Crippen LogP contribution in [0.25, 0.3) is 0 Å². The lowest BCUT2D eigenvalue weighted by atomic mass is 10.1. The van der Waals surface area contributed by atoms with Crippen LogP contribution in [-0.2, 0) is 14.3 Å². The van der Waals surface area contributed by atoms with E-state index < -0.39 is 0 Å². The number of esters is 1. The van der Waals surface area contributed by atoms with E-state index >= 15 is 0 Å². The summed E-state index contributed by atoms with van der Waals surface area (Å²) in [6, 6.07) is 5.83. The SMILES string of the molecule is CCOC(=O)CCNC(=O)CCOc1ccc(C)c(C)c1. The average molecular weight is 293 g/mol. The van der Waals surface area contributed by atoms with E-state index in [2.05, 4.69) is 5.32 Å². The summed E-state index contributed by atoms with van der Waals surface area (Å²) in [7, 11) is 0. The van der Waals surface area contributed by atoms with Gasteiger partial charge in [0.15, 0.2) is 0 Å². The second-order valence-electron chi connectivity index (χ2n) is 4.75. The number of aryl methyl sites for hydroxylation is 2. The lowest BCUT2D eigenvalue weighted by molar-refractivity contribution is -0.143. The van der Waals surface area contributed by atoms with Crippen molar-refractivity contribution in [2.45, 2.75) is 33.6 Å². The van der Waals surface area contributed by atoms with Crippen LogP contribution < -0.4 is 10.1 Å². The molecule has 0 saturated heterocycles. The Hall–Kier alpha value is -2.04. The first-order valence-electron chi connectivity index (χ1n) is 7.15. The van der Waals surface area contributed by atoms with Gasteiger partial charge < -0.3 is 14.8 Å². The van der Waals surface area contributed by atoms with Crippen molar-refractivity contribution in [1.82, 2.24) is 5.32 Å². The molecule has 1 amide bonds. The number of ether oxygens (including phenoxy) is 2. The predicted octanol–water partition coefficient (Wildman–Crippen LogP) is 2.14. The fourth-order valence-electron chi connectivity index (χ4n) is 1.69. The number of hydrogen-bond acceptors (Lipinski definition) is 4. The van der Waals surface area contributed by atoms with E-state index in [1.54, 1.807) is 6.92 Å². The van der Waals surface area contributed by atoms with E-state index in [0.717, 1.165) is 11.3 Å². The number of rotatable bonds is 8. The van der Waals surface area contributed by atoms with Gasteiger partial charge in [0.25, 0.3) is 0 Å². The summed E-state index contributed by atoms with van der Waals surface area (Å²) in [5.41, 5.74) is 2.37. The minimum Gasteiger partial charge on any atom is -0.493 e. The molecule has 21 heavy (non-hydrogen) atoms. The molecular formula is C16H23NO4. The number of carbonyl (C=O) groups excluding carboxylic acids is 2. The Morgan fingerprint density at radius 2 is 1.90 bits per heavy atom. The van der Waals surface area contributed by atoms with Crippen LogP contribution in [0, 0.1) is 13.8 Å². The van der Waals surface area contributed by atoms with E-state index in [0.29, 0.717) is 19.8 Å². The lowest BCUT2D eigenvalue weighted by Crippen LogP contribution is -2.27. The fourth-order valence-corrected chi connectivity index (χ4v) is 1.69. The van der Waals surface area contributed by atoms with Crippen LogP contribution in [0.15, 0.2) is 18.2 Å². The molecule has 1 rings (SSSR count). The van der Waals surface area contributed by atoms with Crippen molar-refractivity contribution < 1.29 is 19.1 Å². The highest BCUT2D eigenvalue weighted by Gasteiger charge is 2.05. The molecule has 116 valence electrons. The summed E-state index contributed by atoms with van der Waals surface area (Å²) >= 11 is 0. The molecule has 1 aromatic carbocycles. The number of hydrogen-bond donors (Lipinski definition) is 1. The molecule has 0 heterocycles. The van der Waals surface area contributed by atoms with Crippen molar-refractivity contribution in [2.24, 2.45) is 0 Å². The Morgan fingerprint density at radius 3 is 2.57 bits per heavy atom. The van der Waals surface area contributed by atoms with E-state index in [-0.39, 0.29) is 24.7 Å². The van der Waals surface area contributed by atoms with Crippen LogP contribution >= 0.6 is 0 Å². The second kappa shape index (κ2) is 9.00. The monoisotopic (exact) mass is 293 g/mol. The van der Waals surface area contributed by atoms with Gasteiger partial charge in [0.2, 0.25) is 5.91 Å². The molecule has 0 fully saturated rings. The maximum absolute atomic E-state index is 11.6. The van der Waals surface area contributed by atoms with E-state index in [4.69, 9.17) is 9.47 Å². The minimum atomic E-state index is -0.302. The lowest BCUT2D eigenvalue weighted by Gasteiger charge is -2.08. The Kier molecular flexibility index (Phi) is 7.29. The van der Waals surface area contributed by atoms with Crippen molar-refractivity contribution in [3.63, 3.8) is 0 Å². The summed E-state index contributed by atoms with van der Waals surface area (Å²) in [6.45, 7) is 6.77. The zero-order valence-corrected chi connectivity index (χ0v) is 12.9. The van der Waals surface area contributed by atoms with E-state index in [1.807, 2.05) is 32.0 Å². The molecule has 1 aromatic rings. The van der Waals surface area contributed by atoms with E-state index in [1.165, 1.54) is 5.56 Å². The number of nitrogens with one attached hydrogen (secondary N) is 1. The van der Waals surface area contributed by atoms with Crippen LogP contribution in [0.2, 0.25) is 0 Å². The van der Waals surface area contributed by atoms with Gasteiger partial charge in [0, 0.05) is 6.54 Å². The molecule has 0 aliphatic heterocycles. The molecule has 0 bridgehead atoms. The number of benzene rings is 1. The van der Waals surface area contributed by atoms with Gasteiger partial charge in [-0.2, -0.15) is 0 Å². The molecule has 0 spiro atoms. The molecule has 0 unspecified atom stereocenters. The van der Waals surface area contributed by atoms with Crippen molar-refractivity contribution in [3.8, 4) is 5.75 Å². The van der Waals surface area contributed by atoms with Crippen LogP contribution in [0.1, 0.15) is 30.9 Å². The summed E-state index contributed by atoms with van der Waals surface area (Å²) in [5, 5.41) is 2.66. The maximum atomic E-state index is 11.6. The van der Waals surface area contributed by atoms with Gasteiger partial charge in [-0.1, -0.05) is 6.07 Å². The number of carbonyl (C=O) groups is 2. The van der Waals surface area contributed by atoms with Crippen molar-refractivity contribution in [1.29, 1.82) is 0 Å². The van der Waals surface area contributed by atoms with E-state index in [9.17, 15) is 9.59 Å². The zero-order valence-electron chi connectivity index (χ0n) is 12.9. The molecule has 0 aliphatic carbocycles. The Balaban J connectivity index is 2.18. The van der Waals surface area contributed by atoms with Crippen LogP contribution in [-0.4, -0.2) is 31.6 Å². The molecular weight excluding hydrogens is 270 g/mol. The molecule has 0 radical (unpaired) electrons. The van der Waals surface area contributed by atoms with Crippen LogP contribution in [0.3, 0.4) is 0 Å². The van der Waals surface area contributed by atoms with Crippen molar-refractivity contribution in [2.75, 3.05) is 19.8 Å². The molecule has 0 aromatic heterocycles. The highest BCUT2D eigenvalue weighted by Crippen LogP contribution is 2.16. The third-order valence-corrected chi connectivity index (χ3v) is 3.03. The largest absolute Gasteiger partial charge is 0.493 e. The third-order valence-electron chi connectivity index (χ3n) is 3.03. The van der Waals surface area contributed by atoms with Gasteiger partial charge in [-0.25, -0.2) is 0 Å². The summed E-state index contributed by atoms with van der Waals surface area (Å²) in [6.07, 6.45) is 0.452. The first-order chi connectivity index (χ1) is 10.0. The minimum absolute atomic E-state index is 0.136. The Morgan fingerprint density at radius 1 is 1.14 bits per heavy atom. The topological polar surface area (TPSA) is 64.6 Å². The van der Waals surface area contributed by atoms with Gasteiger partial charge in [-0.05, 0) is 44.0 Å². The molecule has 0 atom stereocenters. The predicted molar refractivity (Wildman–Crippen MR) is 80.3 cm³/mol. The van der Waals surface area contributed by atoms with Gasteiger partial charge in [0.05, 0.1) is 26.1 Å². The van der Waals surface area contributed by atoms with Crippen molar-refractivity contribution in [3.05, 3.63) is 29.3 Å². The van der Waals surface area contributed by atoms with Crippen LogP contribution in [0.4, 0.5) is 0 Å². The third kappa shape index (κ3) is 6.79. The standard InChI is InChI=1S/C16H23NO4/c1-4-20-16(19)7-9-17-15(18)8-10-21-14-6-5-12(2)13(3)11-14/h5-6,11H,4,7-10H2,1-3H3,(H,17,18). The van der Waals surface area contributed by atoms with Gasteiger partial charge in [-0.15, -0.1) is 0 Å². The average Bonchev–Trinajstić information content (AvgIpc) is 2.43. The maximum Gasteiger partial charge on any atom is 0.307 e. The van der Waals surface area contributed by atoms with Gasteiger partial charge in [-0.3, -0.25) is 9.59 Å². The van der Waals surface area contributed by atoms with Gasteiger partial charge >= 0.3 is 5.97 Å². The Bertz CT molecular complexity index is 485. The Labute approximate surface area is 125 Å². The quantitative estimate of drug-likeness (QED) is 0.746. The highest BCUT2D eigenvalue weighted by molar-refractivity contribution is 5.77. The fraction of sp³-hybridized carbons (Fsp3) is 0.500. The normalized spacial score (nSPS) is 10.0. The molecule has 0 aliphatic rings. The van der Waals surface area contributed by atoms with Crippen LogP contribution in [0.5, 0.6) is 5.75 Å². The molecule has 5 heteroatoms. The second-order valence-corrected chi connectivity index (χ2v) is 4.75. The summed E-state index contributed by atoms with van der Waals surface area (Å²) < 4.78 is 10.3. The highest BCUT2D eigenvalue weighted by atomic mass is 16.5. The first kappa shape index (κ1) is 17.0. The van der Waals surface area contributed by atoms with Crippen molar-refractivity contribution >= 4 is 11.9 Å². The number of amides is 1. The molecule has 1 N–H and O–H groups in total. The summed E-state index contributed by atoms with van der Waals surface area (Å²) in [4.78, 5) is 22.6. The summed E-state index contributed by atoms with van der Waals surface area (Å²) in [5.74, 6) is 0.324. The molecule has 0 saturated carbocycles. The zero-order chi connectivity index (χ0) is 15.7. The first-order valence-corrected chi connectivity index (χ1v) is 7.15. The smallest absolute Gasteiger partial charge is 0.307 e.